The van der Waals surface area contributed by atoms with Crippen molar-refractivity contribution in [2.24, 2.45) is 0 Å². The van der Waals surface area contributed by atoms with Crippen LogP contribution in [-0.4, -0.2) is 50.6 Å². The first-order valence-corrected chi connectivity index (χ1v) is 10.5. The summed E-state index contributed by atoms with van der Waals surface area (Å²) in [4.78, 5) is 31.3. The molecule has 0 aromatic rings. The second-order valence-electron chi connectivity index (χ2n) is 7.38. The fourth-order valence-corrected chi connectivity index (χ4v) is 3.16. The van der Waals surface area contributed by atoms with E-state index in [1.165, 1.54) is 25.7 Å². The summed E-state index contributed by atoms with van der Waals surface area (Å²) in [6, 6.07) is -2.71. The fourth-order valence-electron chi connectivity index (χ4n) is 3.16. The number of rotatable bonds is 19. The average molecular weight is 416 g/mol. The number of nitrogens with zero attached hydrogens (tertiary/aromatic N) is 2. The lowest BCUT2D eigenvalue weighted by molar-refractivity contribution is -0.543. The van der Waals surface area contributed by atoms with Gasteiger partial charge < -0.3 is 10.2 Å². The number of nitro groups is 2. The summed E-state index contributed by atoms with van der Waals surface area (Å²) in [5, 5.41) is 42.6. The van der Waals surface area contributed by atoms with Gasteiger partial charge in [0.2, 0.25) is 12.1 Å². The van der Waals surface area contributed by atoms with E-state index in [0.717, 1.165) is 19.3 Å². The van der Waals surface area contributed by atoms with Crippen LogP contribution in [0.25, 0.3) is 0 Å². The lowest BCUT2D eigenvalue weighted by atomic mass is 9.95. The van der Waals surface area contributed by atoms with Crippen LogP contribution in [0.2, 0.25) is 0 Å². The molecule has 0 aromatic heterocycles. The van der Waals surface area contributed by atoms with Crippen LogP contribution >= 0.6 is 0 Å². The van der Waals surface area contributed by atoms with E-state index in [2.05, 4.69) is 6.92 Å². The minimum Gasteiger partial charge on any atom is -0.386 e. The van der Waals surface area contributed by atoms with Gasteiger partial charge in [0.15, 0.2) is 6.29 Å². The Morgan fingerprint density at radius 2 is 1.48 bits per heavy atom. The lowest BCUT2D eigenvalue weighted by Crippen LogP contribution is -2.41. The highest BCUT2D eigenvalue weighted by molar-refractivity contribution is 5.50. The number of hydrogen-bond acceptors (Lipinski definition) is 7. The Balaban J connectivity index is 4.47. The smallest absolute Gasteiger partial charge is 0.242 e. The van der Waals surface area contributed by atoms with E-state index in [1.807, 2.05) is 6.08 Å². The predicted molar refractivity (Wildman–Crippen MR) is 109 cm³/mol. The van der Waals surface area contributed by atoms with E-state index in [1.54, 1.807) is 12.4 Å². The van der Waals surface area contributed by atoms with E-state index in [-0.39, 0.29) is 25.7 Å². The van der Waals surface area contributed by atoms with Crippen LogP contribution < -0.4 is 0 Å². The number of aliphatic hydroxyl groups excluding tert-OH is 2. The molecule has 0 spiro atoms. The van der Waals surface area contributed by atoms with Crippen LogP contribution in [0.15, 0.2) is 12.2 Å². The second-order valence-corrected chi connectivity index (χ2v) is 7.38. The van der Waals surface area contributed by atoms with Crippen LogP contribution in [0.5, 0.6) is 0 Å². The van der Waals surface area contributed by atoms with Crippen LogP contribution in [0, 0.1) is 20.2 Å². The molecule has 0 aromatic carbocycles. The molecule has 0 aliphatic heterocycles. The van der Waals surface area contributed by atoms with Gasteiger partial charge >= 0.3 is 0 Å². The van der Waals surface area contributed by atoms with E-state index >= 15 is 0 Å². The molecule has 0 fully saturated rings. The van der Waals surface area contributed by atoms with E-state index in [4.69, 9.17) is 0 Å². The first-order valence-electron chi connectivity index (χ1n) is 10.5. The van der Waals surface area contributed by atoms with Crippen molar-refractivity contribution in [2.75, 3.05) is 0 Å². The zero-order chi connectivity index (χ0) is 22.1. The molecule has 0 aliphatic rings. The highest BCUT2D eigenvalue weighted by Crippen LogP contribution is 2.17. The largest absolute Gasteiger partial charge is 0.386 e. The summed E-state index contributed by atoms with van der Waals surface area (Å²) in [6.45, 7) is 2.16. The summed E-state index contributed by atoms with van der Waals surface area (Å²) in [5.41, 5.74) is 0. The molecule has 4 unspecified atom stereocenters. The van der Waals surface area contributed by atoms with Gasteiger partial charge in [-0.25, -0.2) is 0 Å². The number of aliphatic hydroxyl groups is 2. The van der Waals surface area contributed by atoms with Crippen molar-refractivity contribution in [3.05, 3.63) is 32.4 Å². The maximum Gasteiger partial charge on any atom is 0.242 e. The fraction of sp³-hybridized carbons (Fsp3) is 0.850. The van der Waals surface area contributed by atoms with Gasteiger partial charge in [-0.1, -0.05) is 51.2 Å². The molecule has 0 aliphatic carbocycles. The molecule has 0 saturated heterocycles. The molecule has 29 heavy (non-hydrogen) atoms. The van der Waals surface area contributed by atoms with Crippen molar-refractivity contribution in [1.82, 2.24) is 0 Å². The average Bonchev–Trinajstić information content (AvgIpc) is 2.65. The lowest BCUT2D eigenvalue weighted by Gasteiger charge is -2.20. The molecular formula is C20H35N2O7. The summed E-state index contributed by atoms with van der Waals surface area (Å²) in [6.07, 6.45) is 9.54. The molecule has 1 radical (unpaired) electrons. The van der Waals surface area contributed by atoms with Gasteiger partial charge in [-0.15, -0.1) is 0 Å². The summed E-state index contributed by atoms with van der Waals surface area (Å²) in [7, 11) is 0. The third-order valence-corrected chi connectivity index (χ3v) is 4.96. The van der Waals surface area contributed by atoms with E-state index in [9.17, 15) is 35.2 Å². The summed E-state index contributed by atoms with van der Waals surface area (Å²) < 4.78 is 0. The third-order valence-electron chi connectivity index (χ3n) is 4.96. The number of hydrogen-bond donors (Lipinski definition) is 2. The van der Waals surface area contributed by atoms with Gasteiger partial charge in [0.05, 0.1) is 0 Å². The molecule has 0 amide bonds. The quantitative estimate of drug-likeness (QED) is 0.142. The maximum absolute atomic E-state index is 11.3. The van der Waals surface area contributed by atoms with Gasteiger partial charge in [-0.05, 0) is 19.3 Å². The van der Waals surface area contributed by atoms with E-state index in [0.29, 0.717) is 0 Å². The van der Waals surface area contributed by atoms with Gasteiger partial charge in [-0.3, -0.25) is 25.0 Å². The van der Waals surface area contributed by atoms with Crippen molar-refractivity contribution >= 4 is 6.29 Å². The van der Waals surface area contributed by atoms with Crippen molar-refractivity contribution in [1.29, 1.82) is 0 Å². The van der Waals surface area contributed by atoms with Gasteiger partial charge in [0, 0.05) is 35.5 Å². The Hall–Kier alpha value is -1.87. The molecule has 2 N–H and O–H groups in total. The first-order chi connectivity index (χ1) is 13.8. The topological polar surface area (TPSA) is 144 Å². The highest BCUT2D eigenvalue weighted by Gasteiger charge is 2.36. The molecule has 0 heterocycles. The molecule has 167 valence electrons. The SMILES string of the molecule is CCCCCCCC/C=C\CC(C(O)CC(O)C(CCC[C]=O)[N+](=O)[O-])[N+](=O)[O-]. The normalized spacial score (nSPS) is 15.7. The maximum atomic E-state index is 11.3. The minimum atomic E-state index is -1.53. The van der Waals surface area contributed by atoms with Crippen LogP contribution in [0.4, 0.5) is 0 Å². The van der Waals surface area contributed by atoms with Gasteiger partial charge in [0.1, 0.15) is 12.2 Å². The minimum absolute atomic E-state index is 0.0000455. The molecular weight excluding hydrogens is 380 g/mol. The standard InChI is InChI=1S/C20H35N2O7/c1-2-3-4-5-6-7-8-9-10-13-17(21(26)27)19(24)16-20(25)18(22(28)29)14-11-12-15-23/h9-10,17-20,24-25H,2-8,11-14,16H2,1H3/b10-9-. The summed E-state index contributed by atoms with van der Waals surface area (Å²) in [5.74, 6) is 0. The van der Waals surface area contributed by atoms with Gasteiger partial charge in [-0.2, -0.15) is 0 Å². The number of allylic oxidation sites excluding steroid dienone is 1. The highest BCUT2D eigenvalue weighted by atomic mass is 16.6. The zero-order valence-corrected chi connectivity index (χ0v) is 17.3. The number of carbonyl (C=O) groups excluding carboxylic acids is 1. The second kappa shape index (κ2) is 17.0. The molecule has 0 rings (SSSR count). The Labute approximate surface area is 172 Å². The Bertz CT molecular complexity index is 499. The molecule has 9 nitrogen and oxygen atoms in total. The Kier molecular flexibility index (Phi) is 15.9. The van der Waals surface area contributed by atoms with Crippen LogP contribution in [-0.2, 0) is 4.79 Å². The van der Waals surface area contributed by atoms with E-state index < -0.39 is 40.6 Å². The zero-order valence-electron chi connectivity index (χ0n) is 17.3. The van der Waals surface area contributed by atoms with Crippen molar-refractivity contribution in [2.45, 2.75) is 108 Å². The molecule has 9 heteroatoms. The summed E-state index contributed by atoms with van der Waals surface area (Å²) >= 11 is 0. The van der Waals surface area contributed by atoms with Crippen molar-refractivity contribution < 1.29 is 24.9 Å². The molecule has 0 saturated carbocycles. The monoisotopic (exact) mass is 415 g/mol. The van der Waals surface area contributed by atoms with Crippen molar-refractivity contribution in [3.63, 3.8) is 0 Å². The predicted octanol–water partition coefficient (Wildman–Crippen LogP) is 3.37. The Morgan fingerprint density at radius 1 is 0.897 bits per heavy atom. The number of unbranched alkanes of at least 4 members (excludes halogenated alkanes) is 7. The van der Waals surface area contributed by atoms with Gasteiger partial charge in [0.25, 0.3) is 0 Å². The molecule has 0 bridgehead atoms. The van der Waals surface area contributed by atoms with Crippen molar-refractivity contribution in [3.8, 4) is 0 Å². The van der Waals surface area contributed by atoms with Crippen LogP contribution in [0.3, 0.4) is 0 Å². The Morgan fingerprint density at radius 3 is 2.07 bits per heavy atom. The van der Waals surface area contributed by atoms with Crippen LogP contribution in [0.1, 0.15) is 84.0 Å². The first kappa shape index (κ1) is 27.1. The molecule has 4 atom stereocenters. The third kappa shape index (κ3) is 13.1.